The van der Waals surface area contributed by atoms with Gasteiger partial charge in [0.25, 0.3) is 15.9 Å². The van der Waals surface area contributed by atoms with Crippen molar-refractivity contribution in [2.24, 2.45) is 5.92 Å². The van der Waals surface area contributed by atoms with E-state index in [1.165, 1.54) is 12.1 Å². The smallest absolute Gasteiger partial charge is 0.338 e. The molecule has 0 aliphatic carbocycles. The van der Waals surface area contributed by atoms with Crippen molar-refractivity contribution < 1.29 is 22.7 Å². The number of carbonyl (C=O) groups is 2. The number of esters is 1. The predicted molar refractivity (Wildman–Crippen MR) is 99.9 cm³/mol. The Morgan fingerprint density at radius 3 is 2.37 bits per heavy atom. The van der Waals surface area contributed by atoms with Crippen molar-refractivity contribution in [2.75, 3.05) is 13.2 Å². The summed E-state index contributed by atoms with van der Waals surface area (Å²) >= 11 is 0. The maximum absolute atomic E-state index is 12.4. The third-order valence-electron chi connectivity index (χ3n) is 4.27. The number of carbonyl (C=O) groups excluding carboxylic acids is 2. The van der Waals surface area contributed by atoms with Crippen LogP contribution in [0.25, 0.3) is 0 Å². The lowest BCUT2D eigenvalue weighted by molar-refractivity contribution is 0.0477. The van der Waals surface area contributed by atoms with Gasteiger partial charge < -0.3 is 4.74 Å². The molecule has 0 aromatic heterocycles. The van der Waals surface area contributed by atoms with Crippen LogP contribution in [0.3, 0.4) is 0 Å². The van der Waals surface area contributed by atoms with Gasteiger partial charge in [0, 0.05) is 0 Å². The highest BCUT2D eigenvalue weighted by atomic mass is 32.2. The summed E-state index contributed by atoms with van der Waals surface area (Å²) < 4.78 is 30.8. The molecule has 0 atom stereocenters. The molecule has 27 heavy (non-hydrogen) atoms. The molecule has 7 heteroatoms. The molecule has 0 saturated heterocycles. The summed E-state index contributed by atoms with van der Waals surface area (Å²) in [7, 11) is -3.88. The van der Waals surface area contributed by atoms with Gasteiger partial charge in [-0.1, -0.05) is 38.1 Å². The normalized spacial score (nSPS) is 15.1. The average molecular weight is 387 g/mol. The molecule has 0 saturated carbocycles. The van der Waals surface area contributed by atoms with Crippen molar-refractivity contribution in [3.63, 3.8) is 0 Å². The highest BCUT2D eigenvalue weighted by Crippen LogP contribution is 2.29. The molecule has 0 N–H and O–H groups in total. The van der Waals surface area contributed by atoms with Gasteiger partial charge in [-0.2, -0.15) is 0 Å². The second-order valence-electron chi connectivity index (χ2n) is 6.81. The van der Waals surface area contributed by atoms with Crippen LogP contribution in [0, 0.1) is 5.92 Å². The molecule has 0 radical (unpaired) electrons. The van der Waals surface area contributed by atoms with Crippen molar-refractivity contribution in [3.05, 3.63) is 65.2 Å². The number of amides is 1. The molecular weight excluding hydrogens is 366 g/mol. The largest absolute Gasteiger partial charge is 0.460 e. The molecule has 3 rings (SSSR count). The lowest BCUT2D eigenvalue weighted by atomic mass is 10.0. The zero-order valence-electron chi connectivity index (χ0n) is 15.2. The molecule has 142 valence electrons. The van der Waals surface area contributed by atoms with E-state index in [4.69, 9.17) is 4.74 Å². The predicted octanol–water partition coefficient (Wildman–Crippen LogP) is 2.89. The van der Waals surface area contributed by atoms with Crippen LogP contribution in [-0.2, 0) is 21.2 Å². The van der Waals surface area contributed by atoms with Gasteiger partial charge >= 0.3 is 5.97 Å². The van der Waals surface area contributed by atoms with E-state index in [0.29, 0.717) is 11.5 Å². The monoisotopic (exact) mass is 387 g/mol. The molecule has 0 fully saturated rings. The lowest BCUT2D eigenvalue weighted by Gasteiger charge is -2.15. The Labute approximate surface area is 158 Å². The van der Waals surface area contributed by atoms with E-state index in [-0.39, 0.29) is 23.6 Å². The van der Waals surface area contributed by atoms with Gasteiger partial charge in [-0.05, 0) is 42.2 Å². The molecule has 2 aromatic rings. The first-order chi connectivity index (χ1) is 12.8. The van der Waals surface area contributed by atoms with E-state index in [2.05, 4.69) is 13.8 Å². The fraction of sp³-hybridized carbons (Fsp3) is 0.300. The summed E-state index contributed by atoms with van der Waals surface area (Å²) in [4.78, 5) is 24.4. The van der Waals surface area contributed by atoms with E-state index in [9.17, 15) is 18.0 Å². The number of sulfonamides is 1. The van der Waals surface area contributed by atoms with Crippen LogP contribution in [0.1, 0.15) is 40.1 Å². The Morgan fingerprint density at radius 2 is 1.74 bits per heavy atom. The summed E-state index contributed by atoms with van der Waals surface area (Å²) in [6.45, 7) is 3.82. The first kappa shape index (κ1) is 19.1. The van der Waals surface area contributed by atoms with Crippen molar-refractivity contribution >= 4 is 21.9 Å². The number of ether oxygens (including phenoxy) is 1. The summed E-state index contributed by atoms with van der Waals surface area (Å²) in [6, 6.07) is 13.2. The fourth-order valence-electron chi connectivity index (χ4n) is 3.01. The summed E-state index contributed by atoms with van der Waals surface area (Å²) in [5, 5.41) is 0. The summed E-state index contributed by atoms with van der Waals surface area (Å²) in [5.74, 6) is -0.626. The van der Waals surface area contributed by atoms with Crippen LogP contribution in [0.2, 0.25) is 0 Å². The number of hydrogen-bond acceptors (Lipinski definition) is 5. The Morgan fingerprint density at radius 1 is 1.07 bits per heavy atom. The number of fused-ring (bicyclic) bond motifs is 1. The lowest BCUT2D eigenvalue weighted by Crippen LogP contribution is -2.33. The first-order valence-corrected chi connectivity index (χ1v) is 10.2. The van der Waals surface area contributed by atoms with E-state index in [1.807, 2.05) is 12.1 Å². The van der Waals surface area contributed by atoms with Gasteiger partial charge in [-0.15, -0.1) is 0 Å². The van der Waals surface area contributed by atoms with Crippen molar-refractivity contribution in [1.82, 2.24) is 4.31 Å². The van der Waals surface area contributed by atoms with E-state index in [0.717, 1.165) is 16.3 Å². The standard InChI is InChI=1S/C20H21NO5S/c1-14(2)13-15-7-9-16(10-8-15)20(23)26-12-11-21-19(22)17-5-3-4-6-18(17)27(21,24)25/h3-10,14H,11-13H2,1-2H3. The fourth-order valence-corrected chi connectivity index (χ4v) is 4.56. The zero-order valence-corrected chi connectivity index (χ0v) is 16.0. The molecule has 1 amide bonds. The Bertz CT molecular complexity index is 964. The van der Waals surface area contributed by atoms with Crippen molar-refractivity contribution in [2.45, 2.75) is 25.2 Å². The maximum atomic E-state index is 12.4. The first-order valence-electron chi connectivity index (χ1n) is 8.73. The Kier molecular flexibility index (Phi) is 5.32. The van der Waals surface area contributed by atoms with Crippen molar-refractivity contribution in [3.8, 4) is 0 Å². The van der Waals surface area contributed by atoms with Gasteiger partial charge in [0.15, 0.2) is 0 Å². The van der Waals surface area contributed by atoms with Crippen LogP contribution in [-0.4, -0.2) is 37.8 Å². The topological polar surface area (TPSA) is 80.8 Å². The quantitative estimate of drug-likeness (QED) is 0.712. The van der Waals surface area contributed by atoms with Crippen LogP contribution in [0.15, 0.2) is 53.4 Å². The van der Waals surface area contributed by atoms with Crippen LogP contribution in [0.5, 0.6) is 0 Å². The van der Waals surface area contributed by atoms with Gasteiger partial charge in [0.1, 0.15) is 11.5 Å². The van der Waals surface area contributed by atoms with Crippen LogP contribution < -0.4 is 0 Å². The Hall–Kier alpha value is -2.67. The number of nitrogens with zero attached hydrogens (tertiary/aromatic N) is 1. The van der Waals surface area contributed by atoms with E-state index in [1.54, 1.807) is 24.3 Å². The number of rotatable bonds is 6. The van der Waals surface area contributed by atoms with E-state index < -0.39 is 21.9 Å². The van der Waals surface area contributed by atoms with Crippen LogP contribution in [0.4, 0.5) is 0 Å². The number of hydrogen-bond donors (Lipinski definition) is 0. The Balaban J connectivity index is 1.60. The molecule has 1 aliphatic heterocycles. The van der Waals surface area contributed by atoms with Crippen molar-refractivity contribution in [1.29, 1.82) is 0 Å². The van der Waals surface area contributed by atoms with Gasteiger partial charge in [-0.3, -0.25) is 4.79 Å². The molecular formula is C20H21NO5S. The third-order valence-corrected chi connectivity index (χ3v) is 6.11. The SMILES string of the molecule is CC(C)Cc1ccc(C(=O)OCCN2C(=O)c3ccccc3S2(=O)=O)cc1. The van der Waals surface area contributed by atoms with Crippen LogP contribution >= 0.6 is 0 Å². The number of benzene rings is 2. The zero-order chi connectivity index (χ0) is 19.6. The summed E-state index contributed by atoms with van der Waals surface area (Å²) in [5.41, 5.74) is 1.67. The molecule has 6 nitrogen and oxygen atoms in total. The minimum Gasteiger partial charge on any atom is -0.460 e. The maximum Gasteiger partial charge on any atom is 0.338 e. The van der Waals surface area contributed by atoms with Gasteiger partial charge in [-0.25, -0.2) is 17.5 Å². The third kappa shape index (κ3) is 3.88. The highest BCUT2D eigenvalue weighted by molar-refractivity contribution is 7.90. The summed E-state index contributed by atoms with van der Waals surface area (Å²) in [6.07, 6.45) is 0.921. The van der Waals surface area contributed by atoms with Gasteiger partial charge in [0.2, 0.25) is 0 Å². The molecule has 0 unspecified atom stereocenters. The molecule has 2 aromatic carbocycles. The molecule has 1 heterocycles. The average Bonchev–Trinajstić information content (AvgIpc) is 2.82. The molecule has 1 aliphatic rings. The molecule has 0 bridgehead atoms. The minimum atomic E-state index is -3.88. The minimum absolute atomic E-state index is 0.0120. The second-order valence-corrected chi connectivity index (χ2v) is 8.64. The second kappa shape index (κ2) is 7.52. The van der Waals surface area contributed by atoms with Gasteiger partial charge in [0.05, 0.1) is 17.7 Å². The highest BCUT2D eigenvalue weighted by Gasteiger charge is 2.40. The molecule has 0 spiro atoms. The van der Waals surface area contributed by atoms with E-state index >= 15 is 0 Å².